The third-order valence-corrected chi connectivity index (χ3v) is 9.89. The Morgan fingerprint density at radius 2 is 1.37 bits per heavy atom. The SMILES string of the molecule is CCS(=O)(=O)c1ccc(Cl)cc1CNC(=O)c1cc(Br)cc(CN2CCN(C(=O)OC(C)(C)C)CC2)c1N(C(=O)OC(C)(C)C)C(=O)OC(C)(C)C. The average Bonchev–Trinajstić information content (AvgIpc) is 2.98. The van der Waals surface area contributed by atoms with E-state index in [1.807, 2.05) is 4.90 Å². The predicted octanol–water partition coefficient (Wildman–Crippen LogP) is 7.56. The molecule has 4 amide bonds. The van der Waals surface area contributed by atoms with Gasteiger partial charge in [0.2, 0.25) is 0 Å². The van der Waals surface area contributed by atoms with Crippen molar-refractivity contribution < 1.29 is 41.8 Å². The molecule has 1 fully saturated rings. The van der Waals surface area contributed by atoms with Crippen molar-refractivity contribution in [2.75, 3.05) is 36.8 Å². The molecule has 0 saturated carbocycles. The number of amides is 4. The number of rotatable bonds is 8. The maximum absolute atomic E-state index is 14.2. The van der Waals surface area contributed by atoms with E-state index < -0.39 is 50.8 Å². The number of sulfone groups is 1. The number of halogens is 2. The van der Waals surface area contributed by atoms with E-state index in [1.54, 1.807) is 73.3 Å². The smallest absolute Gasteiger partial charge is 0.424 e. The fraction of sp³-hybridized carbons (Fsp3) is 0.556. The van der Waals surface area contributed by atoms with Crippen molar-refractivity contribution in [3.05, 3.63) is 56.5 Å². The number of benzene rings is 2. The number of imide groups is 1. The van der Waals surface area contributed by atoms with Crippen LogP contribution in [0.3, 0.4) is 0 Å². The van der Waals surface area contributed by atoms with Crippen molar-refractivity contribution in [1.29, 1.82) is 0 Å². The lowest BCUT2D eigenvalue weighted by atomic mass is 10.0. The zero-order valence-corrected chi connectivity index (χ0v) is 34.7. The molecule has 1 aliphatic heterocycles. The number of hydrogen-bond acceptors (Lipinski definition) is 10. The van der Waals surface area contributed by atoms with E-state index in [0.29, 0.717) is 36.2 Å². The standard InChI is InChI=1S/C36H50BrClN4O9S/c1-11-52(47,48)28-13-12-26(38)19-23(28)21-39-30(43)27-20-25(37)18-24(22-40-14-16-41(17-15-40)31(44)49-34(2,3)4)29(27)42(32(45)50-35(5,6)7)33(46)51-36(8,9)10/h12-13,18-20H,11,14-17,21-22H2,1-10H3,(H,39,43). The Morgan fingerprint density at radius 3 is 1.87 bits per heavy atom. The number of nitrogens with zero attached hydrogens (tertiary/aromatic N) is 3. The average molecular weight is 830 g/mol. The summed E-state index contributed by atoms with van der Waals surface area (Å²) in [6, 6.07) is 7.46. The van der Waals surface area contributed by atoms with Crippen LogP contribution in [-0.4, -0.2) is 91.1 Å². The summed E-state index contributed by atoms with van der Waals surface area (Å²) in [7, 11) is -3.67. The van der Waals surface area contributed by atoms with Crippen molar-refractivity contribution in [3.8, 4) is 0 Å². The molecular weight excluding hydrogens is 780 g/mol. The first-order valence-corrected chi connectivity index (χ1v) is 19.7. The first kappa shape index (κ1) is 43.0. The van der Waals surface area contributed by atoms with E-state index in [0.717, 1.165) is 4.90 Å². The Hall–Kier alpha value is -3.40. The van der Waals surface area contributed by atoms with Gasteiger partial charge in [0.15, 0.2) is 9.84 Å². The third-order valence-electron chi connectivity index (χ3n) is 7.37. The first-order chi connectivity index (χ1) is 23.8. The van der Waals surface area contributed by atoms with E-state index in [2.05, 4.69) is 21.2 Å². The van der Waals surface area contributed by atoms with Gasteiger partial charge >= 0.3 is 18.3 Å². The van der Waals surface area contributed by atoms with Gasteiger partial charge in [-0.1, -0.05) is 34.5 Å². The molecule has 1 saturated heterocycles. The largest absolute Gasteiger partial charge is 0.444 e. The lowest BCUT2D eigenvalue weighted by Crippen LogP contribution is -2.50. The second-order valence-electron chi connectivity index (χ2n) is 15.3. The number of ether oxygens (including phenoxy) is 3. The van der Waals surface area contributed by atoms with Gasteiger partial charge in [-0.3, -0.25) is 9.69 Å². The summed E-state index contributed by atoms with van der Waals surface area (Å²) in [4.78, 5) is 59.1. The normalized spacial score (nSPS) is 14.4. The molecule has 52 heavy (non-hydrogen) atoms. The topological polar surface area (TPSA) is 152 Å². The number of carbonyl (C=O) groups is 4. The van der Waals surface area contributed by atoms with Gasteiger partial charge in [0.05, 0.1) is 21.9 Å². The summed E-state index contributed by atoms with van der Waals surface area (Å²) in [5, 5.41) is 3.03. The van der Waals surface area contributed by atoms with Crippen molar-refractivity contribution >= 4 is 67.2 Å². The molecule has 13 nitrogen and oxygen atoms in total. The third kappa shape index (κ3) is 12.3. The van der Waals surface area contributed by atoms with Gasteiger partial charge in [0.1, 0.15) is 16.8 Å². The van der Waals surface area contributed by atoms with E-state index in [9.17, 15) is 27.6 Å². The second-order valence-corrected chi connectivity index (χ2v) is 18.9. The lowest BCUT2D eigenvalue weighted by molar-refractivity contribution is 0.0137. The fourth-order valence-electron chi connectivity index (χ4n) is 5.16. The number of nitrogens with one attached hydrogen (secondary N) is 1. The van der Waals surface area contributed by atoms with Crippen molar-refractivity contribution in [3.63, 3.8) is 0 Å². The first-order valence-electron chi connectivity index (χ1n) is 16.9. The molecule has 1 N–H and O–H groups in total. The lowest BCUT2D eigenvalue weighted by Gasteiger charge is -2.36. The van der Waals surface area contributed by atoms with Crippen LogP contribution in [0.15, 0.2) is 39.7 Å². The summed E-state index contributed by atoms with van der Waals surface area (Å²) >= 11 is 9.71. The fourth-order valence-corrected chi connectivity index (χ4v) is 6.97. The zero-order chi connectivity index (χ0) is 39.4. The highest BCUT2D eigenvalue weighted by molar-refractivity contribution is 9.10. The summed E-state index contributed by atoms with van der Waals surface area (Å²) in [6.07, 6.45) is -2.56. The molecule has 0 spiro atoms. The maximum Gasteiger partial charge on any atom is 0.424 e. The van der Waals surface area contributed by atoms with E-state index in [1.165, 1.54) is 31.2 Å². The van der Waals surface area contributed by atoms with Crippen LogP contribution in [-0.2, 0) is 37.1 Å². The molecule has 1 heterocycles. The molecule has 16 heteroatoms. The van der Waals surface area contributed by atoms with E-state index in [4.69, 9.17) is 25.8 Å². The molecule has 0 atom stereocenters. The van der Waals surface area contributed by atoms with Gasteiger partial charge in [-0.05, 0) is 104 Å². The number of carbonyl (C=O) groups excluding carboxylic acids is 4. The van der Waals surface area contributed by atoms with Crippen molar-refractivity contribution in [1.82, 2.24) is 15.1 Å². The zero-order valence-electron chi connectivity index (χ0n) is 31.5. The Kier molecular flexibility index (Phi) is 13.8. The highest BCUT2D eigenvalue weighted by atomic mass is 79.9. The Bertz CT molecular complexity index is 1750. The van der Waals surface area contributed by atoms with Crippen molar-refractivity contribution in [2.45, 2.75) is 104 Å². The van der Waals surface area contributed by atoms with Gasteiger partial charge in [0, 0.05) is 48.8 Å². The van der Waals surface area contributed by atoms with Crippen LogP contribution in [0.1, 0.15) is 90.7 Å². The molecule has 288 valence electrons. The van der Waals surface area contributed by atoms with Crippen molar-refractivity contribution in [2.24, 2.45) is 0 Å². The van der Waals surface area contributed by atoms with Gasteiger partial charge in [0.25, 0.3) is 5.91 Å². The van der Waals surface area contributed by atoms with Crippen LogP contribution < -0.4 is 10.2 Å². The Morgan fingerprint density at radius 1 is 0.827 bits per heavy atom. The molecule has 2 aromatic carbocycles. The summed E-state index contributed by atoms with van der Waals surface area (Å²) in [6.45, 7) is 18.3. The van der Waals surface area contributed by atoms with E-state index >= 15 is 0 Å². The molecule has 0 aromatic heterocycles. The Labute approximate surface area is 320 Å². The van der Waals surface area contributed by atoms with Gasteiger partial charge in [-0.15, -0.1) is 0 Å². The molecular formula is C36H50BrClN4O9S. The Balaban J connectivity index is 2.13. The highest BCUT2D eigenvalue weighted by Gasteiger charge is 2.38. The van der Waals surface area contributed by atoms with Crippen LogP contribution in [0.2, 0.25) is 5.02 Å². The number of hydrogen-bond donors (Lipinski definition) is 1. The molecule has 2 aromatic rings. The predicted molar refractivity (Wildman–Crippen MR) is 203 cm³/mol. The van der Waals surface area contributed by atoms with Gasteiger partial charge < -0.3 is 24.4 Å². The number of piperazine rings is 1. The van der Waals surface area contributed by atoms with Gasteiger partial charge in [-0.2, -0.15) is 4.90 Å². The molecule has 0 aliphatic carbocycles. The summed E-state index contributed by atoms with van der Waals surface area (Å²) in [5.41, 5.74) is -2.21. The van der Waals surface area contributed by atoms with Crippen LogP contribution in [0.25, 0.3) is 0 Å². The second kappa shape index (κ2) is 16.7. The molecule has 1 aliphatic rings. The van der Waals surface area contributed by atoms with Crippen LogP contribution >= 0.6 is 27.5 Å². The number of anilines is 1. The van der Waals surface area contributed by atoms with Crippen LogP contribution in [0.4, 0.5) is 20.1 Å². The highest BCUT2D eigenvalue weighted by Crippen LogP contribution is 2.34. The van der Waals surface area contributed by atoms with Crippen LogP contribution in [0.5, 0.6) is 0 Å². The maximum atomic E-state index is 14.2. The minimum absolute atomic E-state index is 0.0181. The summed E-state index contributed by atoms with van der Waals surface area (Å²) < 4.78 is 43.1. The minimum atomic E-state index is -3.67. The summed E-state index contributed by atoms with van der Waals surface area (Å²) in [5.74, 6) is -0.883. The quantitative estimate of drug-likeness (QED) is 0.264. The molecule has 3 rings (SSSR count). The van der Waals surface area contributed by atoms with Gasteiger partial charge in [-0.25, -0.2) is 22.8 Å². The minimum Gasteiger partial charge on any atom is -0.444 e. The molecule has 0 bridgehead atoms. The van der Waals surface area contributed by atoms with E-state index in [-0.39, 0.29) is 45.6 Å². The monoisotopic (exact) mass is 828 g/mol. The molecule has 0 unspecified atom stereocenters. The molecule has 0 radical (unpaired) electrons. The van der Waals surface area contributed by atoms with Crippen LogP contribution in [0, 0.1) is 0 Å².